The van der Waals surface area contributed by atoms with Crippen molar-refractivity contribution in [1.29, 1.82) is 5.26 Å². The first-order valence-corrected chi connectivity index (χ1v) is 7.35. The SMILES string of the molecule is CCCNC(C)(C#N)CC(C)N1CCOCC1(C)C. The molecule has 2 unspecified atom stereocenters. The summed E-state index contributed by atoms with van der Waals surface area (Å²) in [4.78, 5) is 2.47. The Labute approximate surface area is 118 Å². The second kappa shape index (κ2) is 6.69. The lowest BCUT2D eigenvalue weighted by Crippen LogP contribution is -2.58. The van der Waals surface area contributed by atoms with Gasteiger partial charge in [-0.25, -0.2) is 0 Å². The molecule has 4 heteroatoms. The summed E-state index contributed by atoms with van der Waals surface area (Å²) in [6, 6.07) is 2.81. The summed E-state index contributed by atoms with van der Waals surface area (Å²) < 4.78 is 5.56. The molecule has 0 aromatic rings. The summed E-state index contributed by atoms with van der Waals surface area (Å²) in [6.45, 7) is 14.2. The number of hydrogen-bond donors (Lipinski definition) is 1. The fourth-order valence-electron chi connectivity index (χ4n) is 2.95. The van der Waals surface area contributed by atoms with Gasteiger partial charge in [-0.05, 0) is 47.1 Å². The van der Waals surface area contributed by atoms with Crippen LogP contribution in [0.2, 0.25) is 0 Å². The lowest BCUT2D eigenvalue weighted by atomic mass is 9.91. The van der Waals surface area contributed by atoms with Crippen LogP contribution in [0.1, 0.15) is 47.5 Å². The quantitative estimate of drug-likeness (QED) is 0.801. The van der Waals surface area contributed by atoms with Crippen LogP contribution in [-0.4, -0.2) is 48.3 Å². The van der Waals surface area contributed by atoms with E-state index in [-0.39, 0.29) is 5.54 Å². The van der Waals surface area contributed by atoms with Gasteiger partial charge in [-0.1, -0.05) is 6.92 Å². The fourth-order valence-corrected chi connectivity index (χ4v) is 2.95. The molecule has 1 N–H and O–H groups in total. The molecule has 0 bridgehead atoms. The summed E-state index contributed by atoms with van der Waals surface area (Å²) in [6.07, 6.45) is 1.89. The zero-order valence-corrected chi connectivity index (χ0v) is 13.1. The molecule has 110 valence electrons. The average Bonchev–Trinajstić information content (AvgIpc) is 2.35. The molecule has 19 heavy (non-hydrogen) atoms. The van der Waals surface area contributed by atoms with Gasteiger partial charge in [0, 0.05) is 18.1 Å². The molecular weight excluding hydrogens is 238 g/mol. The Balaban J connectivity index is 2.66. The van der Waals surface area contributed by atoms with Gasteiger partial charge in [-0.15, -0.1) is 0 Å². The van der Waals surface area contributed by atoms with Crippen LogP contribution < -0.4 is 5.32 Å². The number of hydrogen-bond acceptors (Lipinski definition) is 4. The van der Waals surface area contributed by atoms with E-state index in [0.29, 0.717) is 6.04 Å². The average molecular weight is 267 g/mol. The van der Waals surface area contributed by atoms with E-state index in [0.717, 1.165) is 39.1 Å². The van der Waals surface area contributed by atoms with Gasteiger partial charge in [0.2, 0.25) is 0 Å². The van der Waals surface area contributed by atoms with Crippen molar-refractivity contribution in [2.24, 2.45) is 0 Å². The maximum absolute atomic E-state index is 9.43. The maximum atomic E-state index is 9.43. The van der Waals surface area contributed by atoms with Crippen LogP contribution in [0, 0.1) is 11.3 Å². The Bertz CT molecular complexity index is 324. The highest BCUT2D eigenvalue weighted by Crippen LogP contribution is 2.26. The number of rotatable bonds is 6. The molecule has 1 fully saturated rings. The van der Waals surface area contributed by atoms with Crippen molar-refractivity contribution in [3.8, 4) is 6.07 Å². The molecule has 4 nitrogen and oxygen atoms in total. The number of nitrogens with zero attached hydrogens (tertiary/aromatic N) is 2. The molecule has 0 aromatic heterocycles. The van der Waals surface area contributed by atoms with E-state index in [9.17, 15) is 5.26 Å². The second-order valence-electron chi connectivity index (χ2n) is 6.48. The molecule has 1 saturated heterocycles. The van der Waals surface area contributed by atoms with Crippen molar-refractivity contribution in [3.63, 3.8) is 0 Å². The lowest BCUT2D eigenvalue weighted by molar-refractivity contribution is -0.0723. The van der Waals surface area contributed by atoms with Gasteiger partial charge in [0.25, 0.3) is 0 Å². The lowest BCUT2D eigenvalue weighted by Gasteiger charge is -2.47. The highest BCUT2D eigenvalue weighted by atomic mass is 16.5. The Kier molecular flexibility index (Phi) is 5.79. The molecule has 0 spiro atoms. The van der Waals surface area contributed by atoms with Crippen LogP contribution in [0.15, 0.2) is 0 Å². The molecule has 1 heterocycles. The number of ether oxygens (including phenoxy) is 1. The zero-order chi connectivity index (χ0) is 14.5. The Morgan fingerprint density at radius 3 is 2.74 bits per heavy atom. The first-order valence-electron chi connectivity index (χ1n) is 7.35. The second-order valence-corrected chi connectivity index (χ2v) is 6.48. The first kappa shape index (κ1) is 16.4. The highest BCUT2D eigenvalue weighted by molar-refractivity contribution is 5.06. The summed E-state index contributed by atoms with van der Waals surface area (Å²) in [5, 5.41) is 12.8. The molecule has 0 saturated carbocycles. The minimum Gasteiger partial charge on any atom is -0.378 e. The van der Waals surface area contributed by atoms with Crippen LogP contribution in [0.25, 0.3) is 0 Å². The largest absolute Gasteiger partial charge is 0.378 e. The number of nitriles is 1. The van der Waals surface area contributed by atoms with Gasteiger partial charge in [0.15, 0.2) is 0 Å². The van der Waals surface area contributed by atoms with E-state index in [1.807, 2.05) is 6.92 Å². The van der Waals surface area contributed by atoms with Gasteiger partial charge in [0.05, 0.1) is 19.3 Å². The Morgan fingerprint density at radius 1 is 1.53 bits per heavy atom. The maximum Gasteiger partial charge on any atom is 0.105 e. The molecule has 0 aromatic carbocycles. The molecule has 0 amide bonds. The van der Waals surface area contributed by atoms with E-state index >= 15 is 0 Å². The fraction of sp³-hybridized carbons (Fsp3) is 0.933. The van der Waals surface area contributed by atoms with Crippen LogP contribution in [0.4, 0.5) is 0 Å². The van der Waals surface area contributed by atoms with Gasteiger partial charge in [-0.2, -0.15) is 5.26 Å². The number of morpholine rings is 1. The van der Waals surface area contributed by atoms with Crippen LogP contribution in [-0.2, 0) is 4.74 Å². The normalized spacial score (nSPS) is 24.4. The van der Waals surface area contributed by atoms with E-state index in [1.54, 1.807) is 0 Å². The third-order valence-electron chi connectivity index (χ3n) is 3.96. The monoisotopic (exact) mass is 267 g/mol. The first-order chi connectivity index (χ1) is 8.84. The minimum atomic E-state index is -0.441. The van der Waals surface area contributed by atoms with Crippen LogP contribution in [0.3, 0.4) is 0 Å². The summed E-state index contributed by atoms with van der Waals surface area (Å²) in [5.41, 5.74) is -0.386. The summed E-state index contributed by atoms with van der Waals surface area (Å²) >= 11 is 0. The van der Waals surface area contributed by atoms with Gasteiger partial charge in [0.1, 0.15) is 5.54 Å². The zero-order valence-electron chi connectivity index (χ0n) is 13.1. The molecular formula is C15H29N3O. The molecule has 1 aliphatic heterocycles. The predicted molar refractivity (Wildman–Crippen MR) is 78.0 cm³/mol. The molecule has 2 atom stereocenters. The van der Waals surface area contributed by atoms with Crippen molar-refractivity contribution in [3.05, 3.63) is 0 Å². The smallest absolute Gasteiger partial charge is 0.105 e. The Morgan fingerprint density at radius 2 is 2.21 bits per heavy atom. The van der Waals surface area contributed by atoms with E-state index in [2.05, 4.69) is 44.0 Å². The minimum absolute atomic E-state index is 0.0544. The van der Waals surface area contributed by atoms with Crippen LogP contribution >= 0.6 is 0 Å². The van der Waals surface area contributed by atoms with E-state index < -0.39 is 5.54 Å². The topological polar surface area (TPSA) is 48.3 Å². The summed E-state index contributed by atoms with van der Waals surface area (Å²) in [7, 11) is 0. The highest BCUT2D eigenvalue weighted by Gasteiger charge is 2.36. The van der Waals surface area contributed by atoms with Gasteiger partial charge >= 0.3 is 0 Å². The van der Waals surface area contributed by atoms with Crippen molar-refractivity contribution in [2.75, 3.05) is 26.3 Å². The standard InChI is InChI=1S/C15H29N3O/c1-6-7-17-15(5,11-16)10-13(2)18-8-9-19-12-14(18,3)4/h13,17H,6-10,12H2,1-5H3. The summed E-state index contributed by atoms with van der Waals surface area (Å²) in [5.74, 6) is 0. The van der Waals surface area contributed by atoms with Crippen molar-refractivity contribution >= 4 is 0 Å². The van der Waals surface area contributed by atoms with Crippen molar-refractivity contribution < 1.29 is 4.74 Å². The van der Waals surface area contributed by atoms with E-state index in [1.165, 1.54) is 0 Å². The van der Waals surface area contributed by atoms with Crippen molar-refractivity contribution in [1.82, 2.24) is 10.2 Å². The molecule has 0 radical (unpaired) electrons. The Hall–Kier alpha value is -0.630. The van der Waals surface area contributed by atoms with Crippen molar-refractivity contribution in [2.45, 2.75) is 64.6 Å². The predicted octanol–water partition coefficient (Wildman–Crippen LogP) is 2.16. The molecule has 0 aliphatic carbocycles. The number of nitrogens with one attached hydrogen (secondary N) is 1. The molecule has 1 aliphatic rings. The molecule has 1 rings (SSSR count). The van der Waals surface area contributed by atoms with Gasteiger partial charge < -0.3 is 4.74 Å². The van der Waals surface area contributed by atoms with Gasteiger partial charge in [-0.3, -0.25) is 10.2 Å². The van der Waals surface area contributed by atoms with Crippen LogP contribution in [0.5, 0.6) is 0 Å². The van der Waals surface area contributed by atoms with E-state index in [4.69, 9.17) is 4.74 Å². The third-order valence-corrected chi connectivity index (χ3v) is 3.96. The third kappa shape index (κ3) is 4.45.